The number of phenols is 1. The number of hydrogen-bond donors (Lipinski definition) is 2. The maximum Gasteiger partial charge on any atom is 0.155 e. The molecule has 2 aromatic heterocycles. The van der Waals surface area contributed by atoms with Gasteiger partial charge in [-0.2, -0.15) is 5.10 Å². The zero-order valence-corrected chi connectivity index (χ0v) is 8.91. The van der Waals surface area contributed by atoms with Gasteiger partial charge in [0, 0.05) is 11.6 Å². The average Bonchev–Trinajstić information content (AvgIpc) is 2.72. The van der Waals surface area contributed by atoms with E-state index in [1.807, 2.05) is 12.1 Å². The van der Waals surface area contributed by atoms with E-state index in [1.165, 1.54) is 0 Å². The van der Waals surface area contributed by atoms with Crippen molar-refractivity contribution in [3.8, 4) is 17.0 Å². The third-order valence-corrected chi connectivity index (χ3v) is 2.48. The predicted octanol–water partition coefficient (Wildman–Crippen LogP) is 1.68. The first kappa shape index (κ1) is 9.65. The topological polar surface area (TPSA) is 76.4 Å². The third kappa shape index (κ3) is 1.67. The lowest BCUT2D eigenvalue weighted by molar-refractivity contribution is 0.475. The quantitative estimate of drug-likeness (QED) is 0.662. The van der Waals surface area contributed by atoms with Gasteiger partial charge in [-0.15, -0.1) is 0 Å². The van der Waals surface area contributed by atoms with E-state index in [2.05, 4.69) is 10.1 Å². The van der Waals surface area contributed by atoms with Gasteiger partial charge in [-0.1, -0.05) is 12.1 Å². The number of nitrogens with two attached hydrogens (primary N) is 1. The zero-order chi connectivity index (χ0) is 11.8. The molecule has 1 aromatic carbocycles. The summed E-state index contributed by atoms with van der Waals surface area (Å²) in [6.07, 6.45) is 3.29. The molecule has 0 bridgehead atoms. The normalized spacial score (nSPS) is 10.8. The summed E-state index contributed by atoms with van der Waals surface area (Å²) in [4.78, 5) is 4.16. The lowest BCUT2D eigenvalue weighted by atomic mass is 10.1. The Morgan fingerprint density at radius 2 is 2.12 bits per heavy atom. The van der Waals surface area contributed by atoms with Crippen molar-refractivity contribution in [3.05, 3.63) is 42.7 Å². The number of aromatic nitrogens is 3. The van der Waals surface area contributed by atoms with Gasteiger partial charge in [0.25, 0.3) is 0 Å². The SMILES string of the molecule is Nc1cnc2cc(-c3cccc(O)c3)nn2c1. The molecule has 0 saturated carbocycles. The summed E-state index contributed by atoms with van der Waals surface area (Å²) < 4.78 is 1.62. The molecule has 3 aromatic rings. The number of fused-ring (bicyclic) bond motifs is 1. The second-order valence-electron chi connectivity index (χ2n) is 3.77. The first-order chi connectivity index (χ1) is 8.22. The van der Waals surface area contributed by atoms with Crippen molar-refractivity contribution in [2.45, 2.75) is 0 Å². The van der Waals surface area contributed by atoms with Crippen molar-refractivity contribution < 1.29 is 5.11 Å². The van der Waals surface area contributed by atoms with Gasteiger partial charge in [0.2, 0.25) is 0 Å². The van der Waals surface area contributed by atoms with Crippen LogP contribution in [0.3, 0.4) is 0 Å². The van der Waals surface area contributed by atoms with Crippen LogP contribution in [0.2, 0.25) is 0 Å². The summed E-state index contributed by atoms with van der Waals surface area (Å²) >= 11 is 0. The molecule has 0 atom stereocenters. The maximum atomic E-state index is 9.42. The lowest BCUT2D eigenvalue weighted by Gasteiger charge is -1.96. The molecule has 0 spiro atoms. The number of nitrogens with zero attached hydrogens (tertiary/aromatic N) is 3. The number of rotatable bonds is 1. The van der Waals surface area contributed by atoms with Crippen LogP contribution in [0.4, 0.5) is 5.69 Å². The number of hydrogen-bond acceptors (Lipinski definition) is 4. The molecule has 0 saturated heterocycles. The summed E-state index contributed by atoms with van der Waals surface area (Å²) in [6.45, 7) is 0. The summed E-state index contributed by atoms with van der Waals surface area (Å²) in [7, 11) is 0. The van der Waals surface area contributed by atoms with Gasteiger partial charge in [-0.3, -0.25) is 0 Å². The molecule has 3 N–H and O–H groups in total. The number of nitrogen functional groups attached to an aromatic ring is 1. The Hall–Kier alpha value is -2.56. The Morgan fingerprint density at radius 1 is 1.24 bits per heavy atom. The predicted molar refractivity (Wildman–Crippen MR) is 64.5 cm³/mol. The Labute approximate surface area is 97.1 Å². The molecule has 84 valence electrons. The summed E-state index contributed by atoms with van der Waals surface area (Å²) in [5.74, 6) is 0.215. The van der Waals surface area contributed by atoms with Crippen LogP contribution in [0, 0.1) is 0 Å². The minimum atomic E-state index is 0.215. The molecule has 0 amide bonds. The molecule has 17 heavy (non-hydrogen) atoms. The van der Waals surface area contributed by atoms with Gasteiger partial charge in [0.1, 0.15) is 5.75 Å². The molecule has 3 rings (SSSR count). The largest absolute Gasteiger partial charge is 0.508 e. The van der Waals surface area contributed by atoms with Crippen molar-refractivity contribution in [2.24, 2.45) is 0 Å². The highest BCUT2D eigenvalue weighted by atomic mass is 16.3. The van der Waals surface area contributed by atoms with Crippen molar-refractivity contribution in [1.82, 2.24) is 14.6 Å². The Balaban J connectivity index is 2.18. The Morgan fingerprint density at radius 3 is 2.94 bits per heavy atom. The number of anilines is 1. The van der Waals surface area contributed by atoms with E-state index < -0.39 is 0 Å². The molecule has 0 fully saturated rings. The molecule has 5 heteroatoms. The van der Waals surface area contributed by atoms with Gasteiger partial charge >= 0.3 is 0 Å². The first-order valence-corrected chi connectivity index (χ1v) is 5.13. The van der Waals surface area contributed by atoms with Gasteiger partial charge < -0.3 is 10.8 Å². The van der Waals surface area contributed by atoms with Crippen LogP contribution in [0.25, 0.3) is 16.9 Å². The van der Waals surface area contributed by atoms with Crippen LogP contribution in [0.15, 0.2) is 42.7 Å². The van der Waals surface area contributed by atoms with Gasteiger partial charge in [-0.05, 0) is 12.1 Å². The highest BCUT2D eigenvalue weighted by Gasteiger charge is 2.05. The summed E-state index contributed by atoms with van der Waals surface area (Å²) in [5, 5.41) is 13.8. The summed E-state index contributed by atoms with van der Waals surface area (Å²) in [5.41, 5.74) is 8.50. The van der Waals surface area contributed by atoms with Crippen LogP contribution in [0.5, 0.6) is 5.75 Å². The minimum absolute atomic E-state index is 0.215. The van der Waals surface area contributed by atoms with Crippen molar-refractivity contribution in [2.75, 3.05) is 5.73 Å². The number of phenolic OH excluding ortho intramolecular Hbond substituents is 1. The number of benzene rings is 1. The fourth-order valence-electron chi connectivity index (χ4n) is 1.70. The summed E-state index contributed by atoms with van der Waals surface area (Å²) in [6, 6.07) is 8.77. The molecule has 0 radical (unpaired) electrons. The molecule has 2 heterocycles. The highest BCUT2D eigenvalue weighted by Crippen LogP contribution is 2.22. The van der Waals surface area contributed by atoms with Gasteiger partial charge in [0.05, 0.1) is 23.8 Å². The number of aromatic hydroxyl groups is 1. The van der Waals surface area contributed by atoms with E-state index >= 15 is 0 Å². The molecule has 5 nitrogen and oxygen atoms in total. The zero-order valence-electron chi connectivity index (χ0n) is 8.91. The monoisotopic (exact) mass is 226 g/mol. The van der Waals surface area contributed by atoms with Crippen LogP contribution in [-0.2, 0) is 0 Å². The van der Waals surface area contributed by atoms with Crippen LogP contribution >= 0.6 is 0 Å². The Bertz CT molecular complexity index is 690. The van der Waals surface area contributed by atoms with E-state index in [4.69, 9.17) is 5.73 Å². The fraction of sp³-hybridized carbons (Fsp3) is 0. The van der Waals surface area contributed by atoms with Gasteiger partial charge in [-0.25, -0.2) is 9.50 Å². The molecule has 0 aliphatic carbocycles. The molecule has 0 unspecified atom stereocenters. The standard InChI is InChI=1S/C12H10N4O/c13-9-6-14-12-5-11(15-16(12)7-9)8-2-1-3-10(17)4-8/h1-7,17H,13H2. The fourth-order valence-corrected chi connectivity index (χ4v) is 1.70. The smallest absolute Gasteiger partial charge is 0.155 e. The average molecular weight is 226 g/mol. The second kappa shape index (κ2) is 3.48. The van der Waals surface area contributed by atoms with E-state index in [-0.39, 0.29) is 5.75 Å². The van der Waals surface area contributed by atoms with Crippen LogP contribution in [-0.4, -0.2) is 19.7 Å². The minimum Gasteiger partial charge on any atom is -0.508 e. The van der Waals surface area contributed by atoms with Crippen LogP contribution in [0.1, 0.15) is 0 Å². The van der Waals surface area contributed by atoms with E-state index in [9.17, 15) is 5.11 Å². The van der Waals surface area contributed by atoms with Crippen molar-refractivity contribution in [3.63, 3.8) is 0 Å². The third-order valence-electron chi connectivity index (χ3n) is 2.48. The van der Waals surface area contributed by atoms with E-state index in [0.29, 0.717) is 5.69 Å². The van der Waals surface area contributed by atoms with Crippen molar-refractivity contribution in [1.29, 1.82) is 0 Å². The molecule has 0 aliphatic heterocycles. The Kier molecular flexibility index (Phi) is 1.98. The van der Waals surface area contributed by atoms with E-state index in [1.54, 1.807) is 35.1 Å². The van der Waals surface area contributed by atoms with Crippen molar-refractivity contribution >= 4 is 11.3 Å². The van der Waals surface area contributed by atoms with Gasteiger partial charge in [0.15, 0.2) is 5.65 Å². The molecular formula is C12H10N4O. The lowest BCUT2D eigenvalue weighted by Crippen LogP contribution is -1.93. The van der Waals surface area contributed by atoms with Crippen LogP contribution < -0.4 is 5.73 Å². The van der Waals surface area contributed by atoms with E-state index in [0.717, 1.165) is 16.9 Å². The molecule has 0 aliphatic rings. The highest BCUT2D eigenvalue weighted by molar-refractivity contribution is 5.65. The molecular weight excluding hydrogens is 216 g/mol. The second-order valence-corrected chi connectivity index (χ2v) is 3.77. The maximum absolute atomic E-state index is 9.42. The first-order valence-electron chi connectivity index (χ1n) is 5.13.